The highest BCUT2D eigenvalue weighted by Gasteiger charge is 2.29. The van der Waals surface area contributed by atoms with Crippen LogP contribution in [0.15, 0.2) is 35.1 Å². The molecule has 1 aliphatic carbocycles. The standard InChI is InChI=1S/C13H18O/c1-9-6-5-7-11-12(9)10(2)8-13(3,4)14-11/h5,7-9H,6H2,1-4H3/t9-/m1/s1. The summed E-state index contributed by atoms with van der Waals surface area (Å²) in [5, 5.41) is 0. The quantitative estimate of drug-likeness (QED) is 0.567. The molecule has 0 unspecified atom stereocenters. The summed E-state index contributed by atoms with van der Waals surface area (Å²) in [7, 11) is 0. The van der Waals surface area contributed by atoms with Crippen molar-refractivity contribution in [1.82, 2.24) is 0 Å². The Labute approximate surface area is 86.2 Å². The first-order chi connectivity index (χ1) is 6.49. The molecule has 0 aromatic rings. The minimum atomic E-state index is -0.148. The van der Waals surface area contributed by atoms with Gasteiger partial charge in [0.05, 0.1) is 0 Å². The fraction of sp³-hybridized carbons (Fsp3) is 0.538. The first-order valence-corrected chi connectivity index (χ1v) is 5.29. The van der Waals surface area contributed by atoms with Gasteiger partial charge in [0.1, 0.15) is 11.4 Å². The first kappa shape index (κ1) is 9.57. The van der Waals surface area contributed by atoms with E-state index in [4.69, 9.17) is 4.74 Å². The van der Waals surface area contributed by atoms with Crippen molar-refractivity contribution >= 4 is 0 Å². The molecule has 14 heavy (non-hydrogen) atoms. The smallest absolute Gasteiger partial charge is 0.124 e. The van der Waals surface area contributed by atoms with E-state index in [9.17, 15) is 0 Å². The Bertz CT molecular complexity index is 342. The predicted octanol–water partition coefficient (Wildman–Crippen LogP) is 3.59. The summed E-state index contributed by atoms with van der Waals surface area (Å²) in [5.74, 6) is 1.68. The number of hydrogen-bond donors (Lipinski definition) is 0. The minimum Gasteiger partial charge on any atom is -0.483 e. The van der Waals surface area contributed by atoms with Crippen LogP contribution in [0.25, 0.3) is 0 Å². The second kappa shape index (κ2) is 3.01. The topological polar surface area (TPSA) is 9.23 Å². The van der Waals surface area contributed by atoms with Crippen molar-refractivity contribution in [3.8, 4) is 0 Å². The van der Waals surface area contributed by atoms with Gasteiger partial charge in [-0.2, -0.15) is 0 Å². The Hall–Kier alpha value is -0.980. The van der Waals surface area contributed by atoms with Gasteiger partial charge in [0, 0.05) is 5.57 Å². The van der Waals surface area contributed by atoms with Gasteiger partial charge in [-0.15, -0.1) is 0 Å². The van der Waals surface area contributed by atoms with Crippen LogP contribution in [0, 0.1) is 5.92 Å². The summed E-state index contributed by atoms with van der Waals surface area (Å²) in [6.45, 7) is 8.66. The molecule has 0 saturated carbocycles. The molecule has 0 amide bonds. The molecule has 0 bridgehead atoms. The van der Waals surface area contributed by atoms with Crippen molar-refractivity contribution in [2.45, 2.75) is 39.7 Å². The van der Waals surface area contributed by atoms with Crippen LogP contribution in [0.5, 0.6) is 0 Å². The lowest BCUT2D eigenvalue weighted by atomic mass is 9.84. The van der Waals surface area contributed by atoms with Crippen molar-refractivity contribution in [2.75, 3.05) is 0 Å². The van der Waals surface area contributed by atoms with Crippen molar-refractivity contribution in [3.63, 3.8) is 0 Å². The summed E-state index contributed by atoms with van der Waals surface area (Å²) in [6, 6.07) is 0. The fourth-order valence-corrected chi connectivity index (χ4v) is 2.41. The van der Waals surface area contributed by atoms with Gasteiger partial charge in [0.15, 0.2) is 0 Å². The molecular weight excluding hydrogens is 172 g/mol. The first-order valence-electron chi connectivity index (χ1n) is 5.29. The zero-order chi connectivity index (χ0) is 10.3. The summed E-state index contributed by atoms with van der Waals surface area (Å²) in [4.78, 5) is 0. The van der Waals surface area contributed by atoms with Crippen LogP contribution in [0.2, 0.25) is 0 Å². The maximum absolute atomic E-state index is 5.93. The normalized spacial score (nSPS) is 29.4. The maximum atomic E-state index is 5.93. The molecule has 0 spiro atoms. The van der Waals surface area contributed by atoms with Gasteiger partial charge >= 0.3 is 0 Å². The molecule has 1 aliphatic heterocycles. The molecule has 0 N–H and O–H groups in total. The number of hydrogen-bond acceptors (Lipinski definition) is 1. The molecule has 0 radical (unpaired) electrons. The number of ether oxygens (including phenoxy) is 1. The highest BCUT2D eigenvalue weighted by atomic mass is 16.5. The monoisotopic (exact) mass is 190 g/mol. The van der Waals surface area contributed by atoms with Gasteiger partial charge in [-0.1, -0.05) is 13.0 Å². The lowest BCUT2D eigenvalue weighted by molar-refractivity contribution is 0.0768. The van der Waals surface area contributed by atoms with Crippen molar-refractivity contribution in [1.29, 1.82) is 0 Å². The van der Waals surface area contributed by atoms with Gasteiger partial charge in [0.2, 0.25) is 0 Å². The van der Waals surface area contributed by atoms with Crippen LogP contribution in [-0.4, -0.2) is 5.60 Å². The van der Waals surface area contributed by atoms with Gasteiger partial charge in [0.25, 0.3) is 0 Å². The third-order valence-electron chi connectivity index (χ3n) is 2.88. The highest BCUT2D eigenvalue weighted by Crippen LogP contribution is 2.38. The molecule has 76 valence electrons. The fourth-order valence-electron chi connectivity index (χ4n) is 2.41. The van der Waals surface area contributed by atoms with E-state index in [1.165, 1.54) is 11.1 Å². The van der Waals surface area contributed by atoms with Crippen molar-refractivity contribution in [3.05, 3.63) is 35.1 Å². The van der Waals surface area contributed by atoms with E-state index in [-0.39, 0.29) is 5.60 Å². The summed E-state index contributed by atoms with van der Waals surface area (Å²) < 4.78 is 5.93. The highest BCUT2D eigenvalue weighted by molar-refractivity contribution is 5.44. The summed E-state index contributed by atoms with van der Waals surface area (Å²) in [6.07, 6.45) is 7.68. The van der Waals surface area contributed by atoms with Gasteiger partial charge < -0.3 is 4.74 Å². The molecule has 2 rings (SSSR count). The molecular formula is C13H18O. The number of allylic oxidation sites excluding steroid dienone is 4. The largest absolute Gasteiger partial charge is 0.483 e. The van der Waals surface area contributed by atoms with Crippen molar-refractivity contribution in [2.24, 2.45) is 5.92 Å². The molecule has 2 aliphatic rings. The molecule has 0 fully saturated rings. The lowest BCUT2D eigenvalue weighted by Crippen LogP contribution is -2.27. The average molecular weight is 190 g/mol. The van der Waals surface area contributed by atoms with E-state index >= 15 is 0 Å². The molecule has 0 saturated heterocycles. The Morgan fingerprint density at radius 1 is 1.43 bits per heavy atom. The van der Waals surface area contributed by atoms with Crippen molar-refractivity contribution < 1.29 is 4.74 Å². The van der Waals surface area contributed by atoms with Crippen LogP contribution in [0.4, 0.5) is 0 Å². The van der Waals surface area contributed by atoms with Crippen LogP contribution >= 0.6 is 0 Å². The minimum absolute atomic E-state index is 0.148. The van der Waals surface area contributed by atoms with E-state index in [1.54, 1.807) is 0 Å². The van der Waals surface area contributed by atoms with Crippen LogP contribution in [-0.2, 0) is 4.74 Å². The molecule has 1 nitrogen and oxygen atoms in total. The van der Waals surface area contributed by atoms with E-state index in [2.05, 4.69) is 45.9 Å². The van der Waals surface area contributed by atoms with E-state index in [0.717, 1.165) is 12.2 Å². The van der Waals surface area contributed by atoms with E-state index < -0.39 is 0 Å². The van der Waals surface area contributed by atoms with Gasteiger partial charge in [-0.3, -0.25) is 0 Å². The van der Waals surface area contributed by atoms with Crippen LogP contribution in [0.3, 0.4) is 0 Å². The zero-order valence-corrected chi connectivity index (χ0v) is 9.42. The Balaban J connectivity index is 2.44. The SMILES string of the molecule is CC1=CC(C)(C)OC2=C1[C@H](C)CC=C2. The Kier molecular flexibility index (Phi) is 2.06. The van der Waals surface area contributed by atoms with Crippen LogP contribution < -0.4 is 0 Å². The third-order valence-corrected chi connectivity index (χ3v) is 2.88. The number of rotatable bonds is 0. The average Bonchev–Trinajstić information content (AvgIpc) is 2.00. The molecule has 1 atom stereocenters. The molecule has 0 aromatic heterocycles. The maximum Gasteiger partial charge on any atom is 0.124 e. The lowest BCUT2D eigenvalue weighted by Gasteiger charge is -2.34. The Morgan fingerprint density at radius 2 is 2.14 bits per heavy atom. The Morgan fingerprint density at radius 3 is 2.86 bits per heavy atom. The predicted molar refractivity (Wildman–Crippen MR) is 58.9 cm³/mol. The molecule has 0 aromatic carbocycles. The second-order valence-electron chi connectivity index (χ2n) is 4.85. The van der Waals surface area contributed by atoms with Gasteiger partial charge in [-0.25, -0.2) is 0 Å². The van der Waals surface area contributed by atoms with E-state index in [1.807, 2.05) is 0 Å². The van der Waals surface area contributed by atoms with Gasteiger partial charge in [-0.05, 0) is 50.8 Å². The molecule has 1 heterocycles. The summed E-state index contributed by atoms with van der Waals surface area (Å²) >= 11 is 0. The molecule has 1 heteroatoms. The van der Waals surface area contributed by atoms with E-state index in [0.29, 0.717) is 5.92 Å². The zero-order valence-electron chi connectivity index (χ0n) is 9.42. The van der Waals surface area contributed by atoms with Crippen LogP contribution in [0.1, 0.15) is 34.1 Å². The summed E-state index contributed by atoms with van der Waals surface area (Å²) in [5.41, 5.74) is 2.63. The third kappa shape index (κ3) is 1.52. The second-order valence-corrected chi connectivity index (χ2v) is 4.85.